The third-order valence-electron chi connectivity index (χ3n) is 3.91. The third-order valence-corrected chi connectivity index (χ3v) is 4.68. The van der Waals surface area contributed by atoms with Crippen molar-refractivity contribution in [2.75, 3.05) is 13.1 Å². The van der Waals surface area contributed by atoms with Crippen molar-refractivity contribution >= 4 is 17.2 Å². The lowest BCUT2D eigenvalue weighted by atomic mass is 10.1. The highest BCUT2D eigenvalue weighted by molar-refractivity contribution is 7.09. The van der Waals surface area contributed by atoms with Crippen LogP contribution in [-0.2, 0) is 17.9 Å². The van der Waals surface area contributed by atoms with E-state index >= 15 is 0 Å². The molecule has 2 heterocycles. The Morgan fingerprint density at radius 3 is 2.76 bits per heavy atom. The Morgan fingerprint density at radius 2 is 2.05 bits per heavy atom. The number of benzene rings is 1. The molecular formula is C16H19N3OS. The monoisotopic (exact) mass is 301 g/mol. The molecule has 4 nitrogen and oxygen atoms in total. The molecule has 1 aromatic heterocycles. The van der Waals surface area contributed by atoms with Crippen molar-refractivity contribution in [2.45, 2.75) is 26.1 Å². The summed E-state index contributed by atoms with van der Waals surface area (Å²) >= 11 is 1.65. The van der Waals surface area contributed by atoms with E-state index in [0.29, 0.717) is 6.54 Å². The Hall–Kier alpha value is -1.72. The van der Waals surface area contributed by atoms with Crippen LogP contribution in [0.15, 0.2) is 41.9 Å². The van der Waals surface area contributed by atoms with Crippen molar-refractivity contribution in [2.24, 2.45) is 0 Å². The molecule has 1 aromatic carbocycles. The molecule has 21 heavy (non-hydrogen) atoms. The van der Waals surface area contributed by atoms with E-state index in [1.807, 2.05) is 41.6 Å². The molecule has 0 bridgehead atoms. The average Bonchev–Trinajstić information content (AvgIpc) is 3.01. The zero-order chi connectivity index (χ0) is 14.7. The van der Waals surface area contributed by atoms with Crippen molar-refractivity contribution in [3.05, 3.63) is 52.5 Å². The SMILES string of the molecule is CC1C(=O)N(Cc2ccccc2)CCN1Cc1nccs1. The summed E-state index contributed by atoms with van der Waals surface area (Å²) in [7, 11) is 0. The second-order valence-electron chi connectivity index (χ2n) is 5.32. The molecule has 110 valence electrons. The van der Waals surface area contributed by atoms with Gasteiger partial charge in [-0.15, -0.1) is 11.3 Å². The predicted octanol–water partition coefficient (Wildman–Crippen LogP) is 2.38. The molecule has 0 radical (unpaired) electrons. The maximum Gasteiger partial charge on any atom is 0.239 e. The Morgan fingerprint density at radius 1 is 1.24 bits per heavy atom. The zero-order valence-electron chi connectivity index (χ0n) is 12.1. The van der Waals surface area contributed by atoms with Crippen LogP contribution in [-0.4, -0.2) is 39.8 Å². The Balaban J connectivity index is 1.63. The van der Waals surface area contributed by atoms with Gasteiger partial charge >= 0.3 is 0 Å². The fourth-order valence-corrected chi connectivity index (χ4v) is 3.30. The summed E-state index contributed by atoms with van der Waals surface area (Å²) in [5.41, 5.74) is 1.19. The second-order valence-corrected chi connectivity index (χ2v) is 6.30. The normalized spacial score (nSPS) is 20.0. The zero-order valence-corrected chi connectivity index (χ0v) is 12.9. The minimum Gasteiger partial charge on any atom is -0.336 e. The van der Waals surface area contributed by atoms with Gasteiger partial charge in [-0.3, -0.25) is 9.69 Å². The molecule has 0 aliphatic carbocycles. The van der Waals surface area contributed by atoms with Crippen molar-refractivity contribution in [1.29, 1.82) is 0 Å². The van der Waals surface area contributed by atoms with E-state index in [0.717, 1.165) is 24.6 Å². The number of amides is 1. The molecule has 0 saturated carbocycles. The Kier molecular flexibility index (Phi) is 4.31. The molecule has 1 aliphatic heterocycles. The average molecular weight is 301 g/mol. The van der Waals surface area contributed by atoms with E-state index in [-0.39, 0.29) is 11.9 Å². The highest BCUT2D eigenvalue weighted by Crippen LogP contribution is 2.18. The van der Waals surface area contributed by atoms with Crippen molar-refractivity contribution in [3.8, 4) is 0 Å². The number of piperazine rings is 1. The first kappa shape index (κ1) is 14.2. The summed E-state index contributed by atoms with van der Waals surface area (Å²) in [4.78, 5) is 21.0. The summed E-state index contributed by atoms with van der Waals surface area (Å²) in [6, 6.07) is 10.1. The molecule has 1 saturated heterocycles. The number of rotatable bonds is 4. The smallest absolute Gasteiger partial charge is 0.239 e. The Bertz CT molecular complexity index is 585. The molecular weight excluding hydrogens is 282 g/mol. The minimum absolute atomic E-state index is 0.0774. The van der Waals surface area contributed by atoms with Gasteiger partial charge in [0.15, 0.2) is 0 Å². The summed E-state index contributed by atoms with van der Waals surface area (Å²) in [5, 5.41) is 3.05. The number of hydrogen-bond acceptors (Lipinski definition) is 4. The number of hydrogen-bond donors (Lipinski definition) is 0. The molecule has 1 atom stereocenters. The number of carbonyl (C=O) groups excluding carboxylic acids is 1. The molecule has 1 fully saturated rings. The van der Waals surface area contributed by atoms with Gasteiger partial charge in [0, 0.05) is 31.2 Å². The second kappa shape index (κ2) is 6.37. The van der Waals surface area contributed by atoms with E-state index in [4.69, 9.17) is 0 Å². The van der Waals surface area contributed by atoms with Crippen molar-refractivity contribution < 1.29 is 4.79 Å². The van der Waals surface area contributed by atoms with Crippen LogP contribution in [0, 0.1) is 0 Å². The minimum atomic E-state index is -0.0774. The summed E-state index contributed by atoms with van der Waals surface area (Å²) in [6.45, 7) is 5.15. The topological polar surface area (TPSA) is 36.4 Å². The van der Waals surface area contributed by atoms with Crippen LogP contribution in [0.3, 0.4) is 0 Å². The van der Waals surface area contributed by atoms with Gasteiger partial charge < -0.3 is 4.90 Å². The van der Waals surface area contributed by atoms with E-state index in [1.54, 1.807) is 11.3 Å². The fraction of sp³-hybridized carbons (Fsp3) is 0.375. The molecule has 0 spiro atoms. The van der Waals surface area contributed by atoms with Crippen LogP contribution in [0.2, 0.25) is 0 Å². The molecule has 1 aliphatic rings. The highest BCUT2D eigenvalue weighted by Gasteiger charge is 2.31. The van der Waals surface area contributed by atoms with Crippen LogP contribution in [0.25, 0.3) is 0 Å². The quantitative estimate of drug-likeness (QED) is 0.870. The summed E-state index contributed by atoms with van der Waals surface area (Å²) in [5.74, 6) is 0.210. The maximum absolute atomic E-state index is 12.5. The molecule has 0 N–H and O–H groups in total. The van der Waals surface area contributed by atoms with E-state index in [9.17, 15) is 4.79 Å². The summed E-state index contributed by atoms with van der Waals surface area (Å²) < 4.78 is 0. The van der Waals surface area contributed by atoms with E-state index in [2.05, 4.69) is 22.0 Å². The number of nitrogens with zero attached hydrogens (tertiary/aromatic N) is 3. The van der Waals surface area contributed by atoms with Crippen LogP contribution in [0.1, 0.15) is 17.5 Å². The van der Waals surface area contributed by atoms with Crippen LogP contribution in [0.5, 0.6) is 0 Å². The van der Waals surface area contributed by atoms with Gasteiger partial charge in [-0.25, -0.2) is 4.98 Å². The largest absolute Gasteiger partial charge is 0.336 e. The van der Waals surface area contributed by atoms with Gasteiger partial charge in [0.1, 0.15) is 5.01 Å². The number of carbonyl (C=O) groups is 1. The standard InChI is InChI=1S/C16H19N3OS/c1-13-16(20)19(11-14-5-3-2-4-6-14)9-8-18(13)12-15-17-7-10-21-15/h2-7,10,13H,8-9,11-12H2,1H3. The molecule has 1 unspecified atom stereocenters. The van der Waals surface area contributed by atoms with Gasteiger partial charge in [-0.05, 0) is 12.5 Å². The van der Waals surface area contributed by atoms with Gasteiger partial charge in [0.05, 0.1) is 12.6 Å². The lowest BCUT2D eigenvalue weighted by Crippen LogP contribution is -2.54. The first-order valence-electron chi connectivity index (χ1n) is 7.19. The van der Waals surface area contributed by atoms with Crippen molar-refractivity contribution in [1.82, 2.24) is 14.8 Å². The third kappa shape index (κ3) is 3.31. The van der Waals surface area contributed by atoms with Gasteiger partial charge in [0.2, 0.25) is 5.91 Å². The lowest BCUT2D eigenvalue weighted by Gasteiger charge is -2.38. The molecule has 5 heteroatoms. The van der Waals surface area contributed by atoms with E-state index < -0.39 is 0 Å². The van der Waals surface area contributed by atoms with Gasteiger partial charge in [-0.1, -0.05) is 30.3 Å². The van der Waals surface area contributed by atoms with Crippen LogP contribution < -0.4 is 0 Å². The van der Waals surface area contributed by atoms with Gasteiger partial charge in [0.25, 0.3) is 0 Å². The van der Waals surface area contributed by atoms with Crippen LogP contribution in [0.4, 0.5) is 0 Å². The fourth-order valence-electron chi connectivity index (χ4n) is 2.65. The molecule has 2 aromatic rings. The number of aromatic nitrogens is 1. The number of thiazole rings is 1. The highest BCUT2D eigenvalue weighted by atomic mass is 32.1. The predicted molar refractivity (Wildman–Crippen MR) is 83.8 cm³/mol. The maximum atomic E-state index is 12.5. The Labute approximate surface area is 129 Å². The first-order valence-corrected chi connectivity index (χ1v) is 8.07. The molecule has 1 amide bonds. The summed E-state index contributed by atoms with van der Waals surface area (Å²) in [6.07, 6.45) is 1.82. The lowest BCUT2D eigenvalue weighted by molar-refractivity contribution is -0.142. The van der Waals surface area contributed by atoms with Crippen molar-refractivity contribution in [3.63, 3.8) is 0 Å². The molecule has 3 rings (SSSR count). The van der Waals surface area contributed by atoms with E-state index in [1.165, 1.54) is 5.56 Å². The van der Waals surface area contributed by atoms with Crippen LogP contribution >= 0.6 is 11.3 Å². The van der Waals surface area contributed by atoms with Gasteiger partial charge in [-0.2, -0.15) is 0 Å². The first-order chi connectivity index (χ1) is 10.2.